The molecule has 1 fully saturated rings. The molecule has 6 nitrogen and oxygen atoms in total. The summed E-state index contributed by atoms with van der Waals surface area (Å²) in [5, 5.41) is 9.12. The molecule has 1 unspecified atom stereocenters. The van der Waals surface area contributed by atoms with Crippen molar-refractivity contribution in [3.05, 3.63) is 82.3 Å². The third-order valence-corrected chi connectivity index (χ3v) is 6.61. The molecule has 1 aromatic carbocycles. The lowest BCUT2D eigenvalue weighted by Crippen LogP contribution is -2.42. The van der Waals surface area contributed by atoms with E-state index in [9.17, 15) is 0 Å². The lowest BCUT2D eigenvalue weighted by molar-refractivity contribution is 0.249. The first-order valence-corrected chi connectivity index (χ1v) is 12.0. The van der Waals surface area contributed by atoms with Gasteiger partial charge in [0.2, 0.25) is 0 Å². The Morgan fingerprint density at radius 1 is 1.09 bits per heavy atom. The van der Waals surface area contributed by atoms with Crippen LogP contribution in [0, 0.1) is 0 Å². The first kappa shape index (κ1) is 25.5. The van der Waals surface area contributed by atoms with Gasteiger partial charge in [-0.25, -0.2) is 0 Å². The number of nitrogens with one attached hydrogen (secondary N) is 2. The zero-order valence-electron chi connectivity index (χ0n) is 18.9. The molecule has 1 aliphatic rings. The van der Waals surface area contributed by atoms with E-state index in [4.69, 9.17) is 4.74 Å². The number of aliphatic imine (C=N–C) groups is 1. The van der Waals surface area contributed by atoms with Crippen LogP contribution in [-0.4, -0.2) is 42.5 Å². The molecule has 3 heterocycles. The Bertz CT molecular complexity index is 960. The number of pyridine rings is 1. The van der Waals surface area contributed by atoms with Crippen molar-refractivity contribution < 1.29 is 4.74 Å². The molecule has 2 N–H and O–H groups in total. The largest absolute Gasteiger partial charge is 0.487 e. The van der Waals surface area contributed by atoms with E-state index in [2.05, 4.69) is 55.2 Å². The lowest BCUT2D eigenvalue weighted by atomic mass is 10.2. The minimum Gasteiger partial charge on any atom is -0.487 e. The Morgan fingerprint density at radius 3 is 2.58 bits per heavy atom. The number of aromatic nitrogens is 1. The summed E-state index contributed by atoms with van der Waals surface area (Å²) < 4.78 is 5.82. The molecular weight excluding hydrogens is 545 g/mol. The third kappa shape index (κ3) is 7.68. The SMILES string of the molecule is CN=C(NCc1ccc(OCc2ccccn2)cc1)NCC(c1cccs1)N1CCCC1.I. The van der Waals surface area contributed by atoms with Gasteiger partial charge in [-0.3, -0.25) is 14.9 Å². The standard InChI is InChI=1S/C25H31N5OS.HI/c1-26-25(29-18-23(24-8-6-16-32-24)30-14-4-5-15-30)28-17-20-9-11-22(12-10-20)31-19-21-7-2-3-13-27-21;/h2-3,6-13,16,23H,4-5,14-15,17-19H2,1H3,(H2,26,28,29);1H. The van der Waals surface area contributed by atoms with Crippen molar-refractivity contribution in [2.24, 2.45) is 4.99 Å². The maximum absolute atomic E-state index is 5.82. The predicted octanol–water partition coefficient (Wildman–Crippen LogP) is 4.84. The number of likely N-dealkylation sites (tertiary alicyclic amines) is 1. The van der Waals surface area contributed by atoms with Crippen LogP contribution in [0.5, 0.6) is 5.75 Å². The topological polar surface area (TPSA) is 61.8 Å². The number of ether oxygens (including phenoxy) is 1. The van der Waals surface area contributed by atoms with Crippen molar-refractivity contribution in [1.82, 2.24) is 20.5 Å². The molecule has 0 bridgehead atoms. The summed E-state index contributed by atoms with van der Waals surface area (Å²) >= 11 is 1.83. The summed E-state index contributed by atoms with van der Waals surface area (Å²) in [5.74, 6) is 1.66. The van der Waals surface area contributed by atoms with Gasteiger partial charge in [0.15, 0.2) is 5.96 Å². The summed E-state index contributed by atoms with van der Waals surface area (Å²) in [4.78, 5) is 12.7. The Labute approximate surface area is 217 Å². The highest BCUT2D eigenvalue weighted by molar-refractivity contribution is 14.0. The molecule has 0 spiro atoms. The van der Waals surface area contributed by atoms with Crippen LogP contribution < -0.4 is 15.4 Å². The Morgan fingerprint density at radius 2 is 1.91 bits per heavy atom. The van der Waals surface area contributed by atoms with Gasteiger partial charge >= 0.3 is 0 Å². The molecule has 8 heteroatoms. The van der Waals surface area contributed by atoms with Crippen molar-refractivity contribution in [2.45, 2.75) is 32.0 Å². The molecule has 2 aromatic heterocycles. The molecule has 176 valence electrons. The first-order valence-electron chi connectivity index (χ1n) is 11.2. The average molecular weight is 578 g/mol. The van der Waals surface area contributed by atoms with Gasteiger partial charge in [-0.2, -0.15) is 0 Å². The van der Waals surface area contributed by atoms with Gasteiger partial charge in [0.1, 0.15) is 12.4 Å². The fourth-order valence-corrected chi connectivity index (χ4v) is 4.75. The lowest BCUT2D eigenvalue weighted by Gasteiger charge is -2.27. The molecule has 33 heavy (non-hydrogen) atoms. The maximum Gasteiger partial charge on any atom is 0.191 e. The smallest absolute Gasteiger partial charge is 0.191 e. The Kier molecular flexibility index (Phi) is 10.4. The minimum atomic E-state index is 0. The van der Waals surface area contributed by atoms with Gasteiger partial charge < -0.3 is 15.4 Å². The Balaban J connectivity index is 0.00000306. The van der Waals surface area contributed by atoms with E-state index in [0.29, 0.717) is 19.2 Å². The molecular formula is C25H32IN5OS. The van der Waals surface area contributed by atoms with Crippen molar-refractivity contribution in [3.8, 4) is 5.75 Å². The number of guanidine groups is 1. The second-order valence-corrected chi connectivity index (χ2v) is 8.81. The number of halogens is 1. The van der Waals surface area contributed by atoms with E-state index >= 15 is 0 Å². The number of benzene rings is 1. The average Bonchev–Trinajstić information content (AvgIpc) is 3.56. The van der Waals surface area contributed by atoms with E-state index in [1.165, 1.54) is 36.4 Å². The minimum absolute atomic E-state index is 0. The number of hydrogen-bond acceptors (Lipinski definition) is 5. The summed E-state index contributed by atoms with van der Waals surface area (Å²) in [5.41, 5.74) is 2.09. The molecule has 3 aromatic rings. The van der Waals surface area contributed by atoms with Crippen LogP contribution in [0.4, 0.5) is 0 Å². The zero-order chi connectivity index (χ0) is 22.0. The van der Waals surface area contributed by atoms with Crippen molar-refractivity contribution in [1.29, 1.82) is 0 Å². The van der Waals surface area contributed by atoms with Crippen LogP contribution in [0.3, 0.4) is 0 Å². The van der Waals surface area contributed by atoms with Gasteiger partial charge in [-0.1, -0.05) is 24.3 Å². The van der Waals surface area contributed by atoms with Crippen LogP contribution >= 0.6 is 35.3 Å². The molecule has 1 atom stereocenters. The number of thiophene rings is 1. The first-order chi connectivity index (χ1) is 15.8. The van der Waals surface area contributed by atoms with Crippen LogP contribution in [0.2, 0.25) is 0 Å². The van der Waals surface area contributed by atoms with Crippen LogP contribution in [0.25, 0.3) is 0 Å². The predicted molar refractivity (Wildman–Crippen MR) is 146 cm³/mol. The highest BCUT2D eigenvalue weighted by atomic mass is 127. The Hall–Kier alpha value is -2.17. The number of rotatable bonds is 9. The van der Waals surface area contributed by atoms with E-state index < -0.39 is 0 Å². The highest BCUT2D eigenvalue weighted by Crippen LogP contribution is 2.27. The monoisotopic (exact) mass is 577 g/mol. The second kappa shape index (κ2) is 13.5. The summed E-state index contributed by atoms with van der Waals surface area (Å²) in [7, 11) is 1.82. The zero-order valence-corrected chi connectivity index (χ0v) is 22.1. The quantitative estimate of drug-likeness (QED) is 0.217. The van der Waals surface area contributed by atoms with Gasteiger partial charge in [0, 0.05) is 31.2 Å². The van der Waals surface area contributed by atoms with Crippen molar-refractivity contribution >= 4 is 41.3 Å². The van der Waals surface area contributed by atoms with E-state index in [-0.39, 0.29) is 24.0 Å². The van der Waals surface area contributed by atoms with Gasteiger partial charge in [-0.05, 0) is 67.2 Å². The fraction of sp³-hybridized carbons (Fsp3) is 0.360. The summed E-state index contributed by atoms with van der Waals surface area (Å²) in [6, 6.07) is 18.8. The van der Waals surface area contributed by atoms with E-state index in [1.54, 1.807) is 6.20 Å². The number of nitrogens with zero attached hydrogens (tertiary/aromatic N) is 3. The van der Waals surface area contributed by atoms with Gasteiger partial charge in [-0.15, -0.1) is 35.3 Å². The second-order valence-electron chi connectivity index (χ2n) is 7.83. The molecule has 1 aliphatic heterocycles. The van der Waals surface area contributed by atoms with E-state index in [1.807, 2.05) is 48.7 Å². The van der Waals surface area contributed by atoms with Gasteiger partial charge in [0.05, 0.1) is 11.7 Å². The maximum atomic E-state index is 5.82. The molecule has 4 rings (SSSR count). The van der Waals surface area contributed by atoms with E-state index in [0.717, 1.165) is 23.9 Å². The van der Waals surface area contributed by atoms with Crippen LogP contribution in [0.15, 0.2) is 71.2 Å². The highest BCUT2D eigenvalue weighted by Gasteiger charge is 2.24. The molecule has 0 aliphatic carbocycles. The van der Waals surface area contributed by atoms with Crippen LogP contribution in [0.1, 0.15) is 35.0 Å². The molecule has 0 saturated carbocycles. The fourth-order valence-electron chi connectivity index (χ4n) is 3.89. The number of hydrogen-bond donors (Lipinski definition) is 2. The van der Waals surface area contributed by atoms with Gasteiger partial charge in [0.25, 0.3) is 0 Å². The third-order valence-electron chi connectivity index (χ3n) is 5.64. The molecule has 0 amide bonds. The van der Waals surface area contributed by atoms with Crippen LogP contribution in [-0.2, 0) is 13.2 Å². The molecule has 1 saturated heterocycles. The molecule has 0 radical (unpaired) electrons. The normalized spacial score (nSPS) is 15.0. The summed E-state index contributed by atoms with van der Waals surface area (Å²) in [6.45, 7) is 4.36. The van der Waals surface area contributed by atoms with Crippen molar-refractivity contribution in [2.75, 3.05) is 26.7 Å². The summed E-state index contributed by atoms with van der Waals surface area (Å²) in [6.07, 6.45) is 4.36. The van der Waals surface area contributed by atoms with Crippen molar-refractivity contribution in [3.63, 3.8) is 0 Å².